The minimum absolute atomic E-state index is 0.266. The second kappa shape index (κ2) is 9.56. The number of nitrogens with one attached hydrogen (secondary N) is 3. The molecule has 3 rings (SSSR count). The molecule has 8 heteroatoms. The van der Waals surface area contributed by atoms with Crippen LogP contribution >= 0.6 is 11.3 Å². The number of fused-ring (bicyclic) bond motifs is 1. The van der Waals surface area contributed by atoms with E-state index in [4.69, 9.17) is 4.74 Å². The van der Waals surface area contributed by atoms with E-state index in [0.29, 0.717) is 28.7 Å². The lowest BCUT2D eigenvalue weighted by atomic mass is 9.90. The quantitative estimate of drug-likeness (QED) is 0.632. The molecular weight excluding hydrogens is 390 g/mol. The van der Waals surface area contributed by atoms with Gasteiger partial charge in [0.25, 0.3) is 17.7 Å². The summed E-state index contributed by atoms with van der Waals surface area (Å²) in [7, 11) is 0. The van der Waals surface area contributed by atoms with E-state index >= 15 is 0 Å². The smallest absolute Gasteiger partial charge is 0.279 e. The molecule has 1 aromatic carbocycles. The molecule has 3 N–H and O–H groups in total. The summed E-state index contributed by atoms with van der Waals surface area (Å²) >= 11 is 1.47. The number of hydrogen-bond acceptors (Lipinski definition) is 5. The lowest BCUT2D eigenvalue weighted by Gasteiger charge is -2.16. The molecule has 2 aromatic rings. The van der Waals surface area contributed by atoms with Gasteiger partial charge in [-0.05, 0) is 55.9 Å². The molecule has 3 amide bonds. The predicted octanol–water partition coefficient (Wildman–Crippen LogP) is 2.46. The first-order valence-corrected chi connectivity index (χ1v) is 10.5. The van der Waals surface area contributed by atoms with Crippen molar-refractivity contribution in [2.75, 3.05) is 13.2 Å². The maximum atomic E-state index is 12.3. The first-order valence-electron chi connectivity index (χ1n) is 9.68. The zero-order valence-electron chi connectivity index (χ0n) is 16.5. The molecule has 1 aliphatic carbocycles. The third-order valence-corrected chi connectivity index (χ3v) is 5.95. The number of carbonyl (C=O) groups excluding carboxylic acids is 3. The van der Waals surface area contributed by atoms with Gasteiger partial charge < -0.3 is 10.1 Å². The van der Waals surface area contributed by atoms with Crippen molar-refractivity contribution in [3.8, 4) is 5.75 Å². The van der Waals surface area contributed by atoms with Crippen LogP contribution in [0.3, 0.4) is 0 Å². The van der Waals surface area contributed by atoms with Crippen LogP contribution in [0, 0.1) is 5.92 Å². The number of hydrogen-bond donors (Lipinski definition) is 3. The molecule has 0 saturated heterocycles. The molecule has 0 spiro atoms. The first kappa shape index (κ1) is 20.9. The Morgan fingerprint density at radius 3 is 2.76 bits per heavy atom. The number of ether oxygens (including phenoxy) is 1. The Balaban J connectivity index is 1.48. The van der Waals surface area contributed by atoms with Gasteiger partial charge in [-0.15, -0.1) is 11.3 Å². The summed E-state index contributed by atoms with van der Waals surface area (Å²) in [6.07, 6.45) is 3.12. The van der Waals surface area contributed by atoms with Crippen molar-refractivity contribution in [1.82, 2.24) is 16.2 Å². The van der Waals surface area contributed by atoms with Gasteiger partial charge in [0.05, 0.1) is 23.6 Å². The van der Waals surface area contributed by atoms with E-state index < -0.39 is 11.8 Å². The molecule has 7 nitrogen and oxygen atoms in total. The van der Waals surface area contributed by atoms with Gasteiger partial charge in [-0.25, -0.2) is 0 Å². The predicted molar refractivity (Wildman–Crippen MR) is 111 cm³/mol. The third kappa shape index (κ3) is 5.35. The Hall–Kier alpha value is -2.87. The summed E-state index contributed by atoms with van der Waals surface area (Å²) < 4.78 is 5.42. The monoisotopic (exact) mass is 415 g/mol. The molecule has 0 bridgehead atoms. The number of benzene rings is 1. The van der Waals surface area contributed by atoms with Gasteiger partial charge in [0, 0.05) is 4.88 Å². The van der Waals surface area contributed by atoms with E-state index in [9.17, 15) is 14.4 Å². The van der Waals surface area contributed by atoms with Crippen molar-refractivity contribution in [1.29, 1.82) is 0 Å². The molecule has 1 aromatic heterocycles. The second-order valence-corrected chi connectivity index (χ2v) is 8.16. The van der Waals surface area contributed by atoms with Crippen LogP contribution in [0.1, 0.15) is 50.7 Å². The average Bonchev–Trinajstić information content (AvgIpc) is 3.14. The summed E-state index contributed by atoms with van der Waals surface area (Å²) in [4.78, 5) is 38.4. The highest BCUT2D eigenvalue weighted by Gasteiger charge is 2.21. The second-order valence-electron chi connectivity index (χ2n) is 7.02. The Morgan fingerprint density at radius 2 is 1.97 bits per heavy atom. The molecule has 1 atom stereocenters. The highest BCUT2D eigenvalue weighted by molar-refractivity contribution is 7.14. The van der Waals surface area contributed by atoms with Gasteiger partial charge in [0.2, 0.25) is 0 Å². The molecule has 0 aliphatic heterocycles. The Kier molecular flexibility index (Phi) is 6.87. The van der Waals surface area contributed by atoms with Gasteiger partial charge in [-0.1, -0.05) is 19.1 Å². The summed E-state index contributed by atoms with van der Waals surface area (Å²) in [5.41, 5.74) is 6.33. The number of carbonyl (C=O) groups is 3. The lowest BCUT2D eigenvalue weighted by Crippen LogP contribution is -2.46. The molecule has 1 aliphatic rings. The van der Waals surface area contributed by atoms with Crippen LogP contribution in [-0.4, -0.2) is 30.9 Å². The summed E-state index contributed by atoms with van der Waals surface area (Å²) in [6, 6.07) is 8.72. The molecule has 0 saturated carbocycles. The van der Waals surface area contributed by atoms with Crippen LogP contribution in [0.2, 0.25) is 0 Å². The van der Waals surface area contributed by atoms with Crippen LogP contribution in [0.15, 0.2) is 30.3 Å². The Bertz CT molecular complexity index is 909. The summed E-state index contributed by atoms with van der Waals surface area (Å²) in [6.45, 7) is 4.21. The fourth-order valence-electron chi connectivity index (χ4n) is 3.24. The van der Waals surface area contributed by atoms with Crippen molar-refractivity contribution < 1.29 is 19.1 Å². The van der Waals surface area contributed by atoms with Gasteiger partial charge in [-0.3, -0.25) is 25.2 Å². The zero-order chi connectivity index (χ0) is 20.8. The fraction of sp³-hybridized carbons (Fsp3) is 0.381. The van der Waals surface area contributed by atoms with E-state index in [1.165, 1.54) is 21.8 Å². The molecule has 0 fully saturated rings. The van der Waals surface area contributed by atoms with Crippen molar-refractivity contribution in [2.45, 2.75) is 33.1 Å². The van der Waals surface area contributed by atoms with Crippen molar-refractivity contribution >= 4 is 29.1 Å². The minimum atomic E-state index is -0.518. The summed E-state index contributed by atoms with van der Waals surface area (Å²) in [5.74, 6) is -0.203. The third-order valence-electron chi connectivity index (χ3n) is 4.71. The molecule has 1 unspecified atom stereocenters. The van der Waals surface area contributed by atoms with Crippen molar-refractivity contribution in [3.05, 3.63) is 51.2 Å². The van der Waals surface area contributed by atoms with Crippen LogP contribution in [-0.2, 0) is 17.6 Å². The fourth-order valence-corrected chi connectivity index (χ4v) is 4.34. The molecular formula is C21H25N3O4S. The zero-order valence-corrected chi connectivity index (χ0v) is 17.4. The topological polar surface area (TPSA) is 96.5 Å². The van der Waals surface area contributed by atoms with Crippen LogP contribution in [0.25, 0.3) is 0 Å². The molecule has 29 heavy (non-hydrogen) atoms. The number of amides is 3. The van der Waals surface area contributed by atoms with Gasteiger partial charge in [0.15, 0.2) is 0 Å². The lowest BCUT2D eigenvalue weighted by molar-refractivity contribution is -0.120. The highest BCUT2D eigenvalue weighted by Crippen LogP contribution is 2.32. The van der Waals surface area contributed by atoms with Crippen molar-refractivity contribution in [3.63, 3.8) is 0 Å². The van der Waals surface area contributed by atoms with Crippen LogP contribution in [0.4, 0.5) is 0 Å². The number of para-hydroxylation sites is 1. The largest absolute Gasteiger partial charge is 0.493 e. The summed E-state index contributed by atoms with van der Waals surface area (Å²) in [5, 5.41) is 2.53. The maximum Gasteiger partial charge on any atom is 0.279 e. The Labute approximate surface area is 173 Å². The molecule has 154 valence electrons. The van der Waals surface area contributed by atoms with Crippen molar-refractivity contribution in [2.24, 2.45) is 5.92 Å². The Morgan fingerprint density at radius 1 is 1.17 bits per heavy atom. The van der Waals surface area contributed by atoms with E-state index in [0.717, 1.165) is 19.3 Å². The first-order chi connectivity index (χ1) is 14.0. The standard InChI is InChI=1S/C21H25N3O4S/c1-3-28-16-7-5-4-6-15(16)20(26)22-12-19(25)23-24-21(27)18-11-14-10-13(2)8-9-17(14)29-18/h4-7,11,13H,3,8-10,12H2,1-2H3,(H,22,26)(H,23,25)(H,24,27). The molecule has 0 radical (unpaired) electrons. The van der Waals surface area contributed by atoms with E-state index in [2.05, 4.69) is 23.1 Å². The van der Waals surface area contributed by atoms with Gasteiger partial charge >= 0.3 is 0 Å². The SMILES string of the molecule is CCOc1ccccc1C(=O)NCC(=O)NNC(=O)c1cc2c(s1)CCC(C)C2. The van der Waals surface area contributed by atoms with Crippen LogP contribution < -0.4 is 20.9 Å². The number of aryl methyl sites for hydroxylation is 1. The van der Waals surface area contributed by atoms with E-state index in [-0.39, 0.29) is 12.5 Å². The van der Waals surface area contributed by atoms with E-state index in [1.807, 2.05) is 13.0 Å². The van der Waals surface area contributed by atoms with Crippen LogP contribution in [0.5, 0.6) is 5.75 Å². The highest BCUT2D eigenvalue weighted by atomic mass is 32.1. The minimum Gasteiger partial charge on any atom is -0.493 e. The number of rotatable bonds is 6. The number of thiophene rings is 1. The average molecular weight is 416 g/mol. The molecule has 1 heterocycles. The maximum absolute atomic E-state index is 12.3. The van der Waals surface area contributed by atoms with Gasteiger partial charge in [0.1, 0.15) is 5.75 Å². The van der Waals surface area contributed by atoms with Gasteiger partial charge in [-0.2, -0.15) is 0 Å². The van der Waals surface area contributed by atoms with E-state index in [1.54, 1.807) is 24.3 Å². The number of hydrazine groups is 1. The normalized spacial score (nSPS) is 15.2.